The first-order valence-corrected chi connectivity index (χ1v) is 9.75. The van der Waals surface area contributed by atoms with E-state index < -0.39 is 5.91 Å². The van der Waals surface area contributed by atoms with E-state index in [1.807, 2.05) is 0 Å². The van der Waals surface area contributed by atoms with Crippen molar-refractivity contribution in [2.75, 3.05) is 5.32 Å². The summed E-state index contributed by atoms with van der Waals surface area (Å²) in [6, 6.07) is 3.20. The lowest BCUT2D eigenvalue weighted by Gasteiger charge is -2.11. The van der Waals surface area contributed by atoms with Crippen molar-refractivity contribution in [1.82, 2.24) is 10.3 Å². The highest BCUT2D eigenvalue weighted by Gasteiger charge is 2.23. The summed E-state index contributed by atoms with van der Waals surface area (Å²) < 4.78 is 0. The Bertz CT molecular complexity index is 833. The molecule has 2 heterocycles. The molecule has 2 aromatic rings. The largest absolute Gasteiger partial charge is 0.365 e. The fourth-order valence-electron chi connectivity index (χ4n) is 3.08. The molecule has 3 rings (SSSR count). The average molecular weight is 389 g/mol. The van der Waals surface area contributed by atoms with Crippen LogP contribution in [0, 0.1) is 0 Å². The number of hydrogen-bond acceptors (Lipinski definition) is 5. The molecule has 0 atom stereocenters. The first-order valence-electron chi connectivity index (χ1n) is 8.53. The van der Waals surface area contributed by atoms with Gasteiger partial charge in [0.25, 0.3) is 11.8 Å². The van der Waals surface area contributed by atoms with Gasteiger partial charge in [-0.3, -0.25) is 19.9 Å². The third-order valence-corrected chi connectivity index (χ3v) is 5.73. The lowest BCUT2D eigenvalue weighted by Crippen LogP contribution is -2.34. The van der Waals surface area contributed by atoms with Gasteiger partial charge >= 0.3 is 0 Å². The van der Waals surface area contributed by atoms with E-state index in [9.17, 15) is 9.59 Å². The number of pyridine rings is 1. The summed E-state index contributed by atoms with van der Waals surface area (Å²) in [5, 5.41) is 6.37. The molecule has 136 valence electrons. The predicted molar refractivity (Wildman–Crippen MR) is 107 cm³/mol. The summed E-state index contributed by atoms with van der Waals surface area (Å²) >= 11 is 6.75. The Balaban J connectivity index is 1.78. The van der Waals surface area contributed by atoms with Crippen LogP contribution in [0.3, 0.4) is 0 Å². The molecular formula is C18H20N4O2S2. The summed E-state index contributed by atoms with van der Waals surface area (Å²) in [6.45, 7) is 0. The van der Waals surface area contributed by atoms with E-state index in [-0.39, 0.29) is 11.0 Å². The summed E-state index contributed by atoms with van der Waals surface area (Å²) in [7, 11) is 0. The number of thiophene rings is 1. The molecule has 26 heavy (non-hydrogen) atoms. The van der Waals surface area contributed by atoms with Crippen molar-refractivity contribution in [2.24, 2.45) is 5.73 Å². The average Bonchev–Trinajstić information content (AvgIpc) is 2.92. The Hall–Kier alpha value is -2.32. The molecule has 0 bridgehead atoms. The van der Waals surface area contributed by atoms with E-state index in [1.54, 1.807) is 12.1 Å². The molecule has 0 spiro atoms. The maximum absolute atomic E-state index is 12.2. The Labute approximate surface area is 161 Å². The van der Waals surface area contributed by atoms with Gasteiger partial charge in [0, 0.05) is 22.8 Å². The zero-order valence-corrected chi connectivity index (χ0v) is 15.8. The minimum absolute atomic E-state index is 0.142. The second kappa shape index (κ2) is 8.37. The van der Waals surface area contributed by atoms with Gasteiger partial charge in [-0.05, 0) is 55.6 Å². The van der Waals surface area contributed by atoms with Gasteiger partial charge in [0.2, 0.25) is 0 Å². The van der Waals surface area contributed by atoms with Crippen molar-refractivity contribution < 1.29 is 9.59 Å². The summed E-state index contributed by atoms with van der Waals surface area (Å²) in [4.78, 5) is 29.3. The number of fused-ring (bicyclic) bond motifs is 1. The number of nitrogens with zero attached hydrogens (tertiary/aromatic N) is 1. The maximum atomic E-state index is 12.2. The molecule has 1 aliphatic carbocycles. The maximum Gasteiger partial charge on any atom is 0.257 e. The van der Waals surface area contributed by atoms with Gasteiger partial charge in [0.05, 0.1) is 5.56 Å². The number of anilines is 1. The Morgan fingerprint density at radius 3 is 2.50 bits per heavy atom. The monoisotopic (exact) mass is 388 g/mol. The predicted octanol–water partition coefficient (Wildman–Crippen LogP) is 3.03. The molecule has 8 heteroatoms. The quantitative estimate of drug-likeness (QED) is 0.702. The molecule has 0 saturated carbocycles. The van der Waals surface area contributed by atoms with E-state index >= 15 is 0 Å². The van der Waals surface area contributed by atoms with E-state index in [2.05, 4.69) is 15.6 Å². The van der Waals surface area contributed by atoms with Crippen LogP contribution in [-0.4, -0.2) is 21.9 Å². The molecule has 0 aliphatic heterocycles. The lowest BCUT2D eigenvalue weighted by molar-refractivity contribution is 0.0975. The second-order valence-electron chi connectivity index (χ2n) is 6.13. The second-order valence-corrected chi connectivity index (χ2v) is 7.64. The van der Waals surface area contributed by atoms with Crippen LogP contribution in [-0.2, 0) is 12.8 Å². The number of nitrogens with two attached hydrogens (primary N) is 1. The van der Waals surface area contributed by atoms with E-state index in [0.29, 0.717) is 16.1 Å². The Morgan fingerprint density at radius 2 is 1.81 bits per heavy atom. The number of carbonyl (C=O) groups is 2. The van der Waals surface area contributed by atoms with Gasteiger partial charge < -0.3 is 11.1 Å². The van der Waals surface area contributed by atoms with E-state index in [0.717, 1.165) is 37.7 Å². The number of aryl methyl sites for hydroxylation is 1. The van der Waals surface area contributed by atoms with Gasteiger partial charge in [-0.15, -0.1) is 11.3 Å². The van der Waals surface area contributed by atoms with Crippen LogP contribution < -0.4 is 16.4 Å². The van der Waals surface area contributed by atoms with Crippen LogP contribution in [0.2, 0.25) is 0 Å². The van der Waals surface area contributed by atoms with Crippen LogP contribution in [0.15, 0.2) is 24.5 Å². The summed E-state index contributed by atoms with van der Waals surface area (Å²) in [5.41, 5.74) is 7.63. The van der Waals surface area contributed by atoms with Crippen LogP contribution >= 0.6 is 23.6 Å². The number of nitrogens with one attached hydrogen (secondary N) is 2. The minimum Gasteiger partial charge on any atom is -0.365 e. The van der Waals surface area contributed by atoms with Crippen molar-refractivity contribution in [2.45, 2.75) is 38.5 Å². The molecule has 1 aliphatic rings. The number of hydrogen-bond donors (Lipinski definition) is 3. The van der Waals surface area contributed by atoms with Crippen molar-refractivity contribution in [1.29, 1.82) is 0 Å². The number of carbonyl (C=O) groups excluding carboxylic acids is 2. The highest BCUT2D eigenvalue weighted by atomic mass is 32.1. The molecule has 0 fully saturated rings. The molecule has 0 saturated heterocycles. The molecular weight excluding hydrogens is 368 g/mol. The Morgan fingerprint density at radius 1 is 1.12 bits per heavy atom. The molecule has 2 amide bonds. The number of thiocarbonyl (C=S) groups is 1. The van der Waals surface area contributed by atoms with Crippen LogP contribution in [0.1, 0.15) is 56.8 Å². The molecule has 2 aromatic heterocycles. The first-order chi connectivity index (χ1) is 12.6. The number of rotatable bonds is 3. The summed E-state index contributed by atoms with van der Waals surface area (Å²) in [6.07, 6.45) is 9.38. The molecule has 0 unspecified atom stereocenters. The van der Waals surface area contributed by atoms with Crippen molar-refractivity contribution in [3.63, 3.8) is 0 Å². The fourth-order valence-corrected chi connectivity index (χ4v) is 4.64. The highest BCUT2D eigenvalue weighted by Crippen LogP contribution is 2.36. The van der Waals surface area contributed by atoms with Crippen LogP contribution in [0.4, 0.5) is 5.00 Å². The topological polar surface area (TPSA) is 97.1 Å². The first kappa shape index (κ1) is 18.5. The standard InChI is InChI=1S/C18H20N4O2S2/c19-15(23)14-12-5-3-1-2-4-6-13(12)26-17(14)22-18(25)21-16(24)11-7-9-20-10-8-11/h7-10H,1-6H2,(H2,19,23)(H2,21,22,24,25). The van der Waals surface area contributed by atoms with E-state index in [4.69, 9.17) is 18.0 Å². The smallest absolute Gasteiger partial charge is 0.257 e. The molecule has 0 aromatic carbocycles. The van der Waals surface area contributed by atoms with Gasteiger partial charge in [0.1, 0.15) is 5.00 Å². The van der Waals surface area contributed by atoms with Crippen LogP contribution in [0.25, 0.3) is 0 Å². The third-order valence-electron chi connectivity index (χ3n) is 4.31. The van der Waals surface area contributed by atoms with Crippen molar-refractivity contribution in [3.05, 3.63) is 46.1 Å². The zero-order valence-electron chi connectivity index (χ0n) is 14.2. The van der Waals surface area contributed by atoms with Gasteiger partial charge in [-0.2, -0.15) is 0 Å². The van der Waals surface area contributed by atoms with E-state index in [1.165, 1.54) is 35.0 Å². The van der Waals surface area contributed by atoms with Crippen molar-refractivity contribution >= 4 is 45.5 Å². The zero-order chi connectivity index (χ0) is 18.5. The SMILES string of the molecule is NC(=O)c1c(NC(=S)NC(=O)c2ccncc2)sc2c1CCCCCC2. The highest BCUT2D eigenvalue weighted by molar-refractivity contribution is 7.80. The van der Waals surface area contributed by atoms with Crippen molar-refractivity contribution in [3.8, 4) is 0 Å². The van der Waals surface area contributed by atoms with Crippen LogP contribution in [0.5, 0.6) is 0 Å². The van der Waals surface area contributed by atoms with Gasteiger partial charge in [-0.1, -0.05) is 12.8 Å². The van der Waals surface area contributed by atoms with Gasteiger partial charge in [0.15, 0.2) is 5.11 Å². The molecule has 0 radical (unpaired) electrons. The summed E-state index contributed by atoms with van der Waals surface area (Å²) in [5.74, 6) is -0.797. The third kappa shape index (κ3) is 4.25. The number of aromatic nitrogens is 1. The number of primary amides is 1. The normalized spacial score (nSPS) is 13.8. The minimum atomic E-state index is -0.464. The molecule has 6 nitrogen and oxygen atoms in total. The Kier molecular flexibility index (Phi) is 5.95. The number of amides is 2. The molecule has 4 N–H and O–H groups in total. The lowest BCUT2D eigenvalue weighted by atomic mass is 9.96. The fraction of sp³-hybridized carbons (Fsp3) is 0.333. The van der Waals surface area contributed by atoms with Gasteiger partial charge in [-0.25, -0.2) is 0 Å².